The molecule has 0 aromatic carbocycles. The van der Waals surface area contributed by atoms with Gasteiger partial charge in [0.05, 0.1) is 0 Å². The molecule has 0 saturated heterocycles. The van der Waals surface area contributed by atoms with Crippen molar-refractivity contribution in [2.24, 2.45) is 11.7 Å². The number of nitrogens with zero attached hydrogens (tertiary/aromatic N) is 3. The fourth-order valence-corrected chi connectivity index (χ4v) is 1.90. The van der Waals surface area contributed by atoms with Crippen molar-refractivity contribution in [3.8, 4) is 0 Å². The van der Waals surface area contributed by atoms with Crippen molar-refractivity contribution in [2.75, 3.05) is 61.9 Å². The molecule has 0 amide bonds. The molecule has 2 atom stereocenters. The number of likely N-dealkylation sites (N-methyl/N-ethyl adjacent to an activating group) is 1. The van der Waals surface area contributed by atoms with Crippen LogP contribution in [-0.2, 0) is 0 Å². The van der Waals surface area contributed by atoms with Crippen molar-refractivity contribution in [3.05, 3.63) is 0 Å². The van der Waals surface area contributed by atoms with Crippen LogP contribution in [0.2, 0.25) is 0 Å². The second-order valence-electron chi connectivity index (χ2n) is 5.54. The molecule has 0 saturated carbocycles. The molecule has 0 radical (unpaired) electrons. The van der Waals surface area contributed by atoms with Crippen LogP contribution in [0.15, 0.2) is 0 Å². The normalized spacial score (nSPS) is 16.1. The van der Waals surface area contributed by atoms with Crippen LogP contribution >= 0.6 is 0 Å². The highest BCUT2D eigenvalue weighted by Crippen LogP contribution is 2.10. The molecule has 0 spiro atoms. The van der Waals surface area contributed by atoms with Crippen LogP contribution in [0.3, 0.4) is 0 Å². The first-order chi connectivity index (χ1) is 7.32. The Morgan fingerprint density at radius 2 is 1.31 bits per heavy atom. The van der Waals surface area contributed by atoms with Crippen LogP contribution in [-0.4, -0.2) is 82.7 Å². The van der Waals surface area contributed by atoms with Gasteiger partial charge in [0, 0.05) is 19.1 Å². The Morgan fingerprint density at radius 3 is 1.69 bits per heavy atom. The Bertz CT molecular complexity index is 168. The van der Waals surface area contributed by atoms with Gasteiger partial charge in [0.15, 0.2) is 0 Å². The van der Waals surface area contributed by atoms with E-state index in [0.717, 1.165) is 19.6 Å². The SMILES string of the molecule is CN(C)CCC(CN(C)C)C(N)CN(C)C. The average molecular weight is 230 g/mol. The zero-order valence-corrected chi connectivity index (χ0v) is 11.9. The van der Waals surface area contributed by atoms with Gasteiger partial charge >= 0.3 is 0 Å². The van der Waals surface area contributed by atoms with E-state index < -0.39 is 0 Å². The monoisotopic (exact) mass is 230 g/mol. The molecule has 0 aliphatic heterocycles. The summed E-state index contributed by atoms with van der Waals surface area (Å²) in [5, 5.41) is 0. The summed E-state index contributed by atoms with van der Waals surface area (Å²) in [6, 6.07) is 0.261. The number of hydrogen-bond donors (Lipinski definition) is 1. The van der Waals surface area contributed by atoms with E-state index in [-0.39, 0.29) is 6.04 Å². The van der Waals surface area contributed by atoms with Crippen LogP contribution in [0.1, 0.15) is 6.42 Å². The molecule has 98 valence electrons. The predicted octanol–water partition coefficient (Wildman–Crippen LogP) is 0.00480. The average Bonchev–Trinajstić information content (AvgIpc) is 2.09. The summed E-state index contributed by atoms with van der Waals surface area (Å²) in [7, 11) is 12.6. The van der Waals surface area contributed by atoms with Gasteiger partial charge in [-0.3, -0.25) is 0 Å². The molecule has 0 bridgehead atoms. The molecule has 16 heavy (non-hydrogen) atoms. The van der Waals surface area contributed by atoms with Gasteiger partial charge < -0.3 is 20.4 Å². The molecule has 0 rings (SSSR count). The highest BCUT2D eigenvalue weighted by molar-refractivity contribution is 4.77. The summed E-state index contributed by atoms with van der Waals surface area (Å²) >= 11 is 0. The van der Waals surface area contributed by atoms with Gasteiger partial charge in [-0.05, 0) is 61.2 Å². The van der Waals surface area contributed by atoms with E-state index in [9.17, 15) is 0 Å². The lowest BCUT2D eigenvalue weighted by molar-refractivity contribution is 0.224. The van der Waals surface area contributed by atoms with Crippen molar-refractivity contribution in [1.29, 1.82) is 0 Å². The summed E-state index contributed by atoms with van der Waals surface area (Å²) in [6.07, 6.45) is 1.17. The third-order valence-electron chi connectivity index (χ3n) is 2.73. The number of nitrogens with two attached hydrogens (primary N) is 1. The minimum absolute atomic E-state index is 0.261. The first-order valence-corrected chi connectivity index (χ1v) is 6.02. The molecule has 4 heteroatoms. The second-order valence-corrected chi connectivity index (χ2v) is 5.54. The van der Waals surface area contributed by atoms with E-state index in [4.69, 9.17) is 5.73 Å². The zero-order valence-electron chi connectivity index (χ0n) is 11.9. The molecule has 0 aromatic heterocycles. The lowest BCUT2D eigenvalue weighted by Crippen LogP contribution is -2.44. The Balaban J connectivity index is 4.17. The first-order valence-electron chi connectivity index (χ1n) is 6.02. The molecular formula is C12H30N4. The van der Waals surface area contributed by atoms with E-state index in [1.165, 1.54) is 6.42 Å². The molecule has 2 unspecified atom stereocenters. The van der Waals surface area contributed by atoms with Gasteiger partial charge in [-0.2, -0.15) is 0 Å². The lowest BCUT2D eigenvalue weighted by Gasteiger charge is -2.29. The van der Waals surface area contributed by atoms with Gasteiger partial charge in [0.25, 0.3) is 0 Å². The maximum Gasteiger partial charge on any atom is 0.0209 e. The smallest absolute Gasteiger partial charge is 0.0209 e. The van der Waals surface area contributed by atoms with E-state index in [1.807, 2.05) is 0 Å². The van der Waals surface area contributed by atoms with Crippen LogP contribution in [0.4, 0.5) is 0 Å². The third-order valence-corrected chi connectivity index (χ3v) is 2.73. The summed E-state index contributed by atoms with van der Waals surface area (Å²) < 4.78 is 0. The van der Waals surface area contributed by atoms with E-state index >= 15 is 0 Å². The third kappa shape index (κ3) is 8.05. The van der Waals surface area contributed by atoms with Crippen LogP contribution in [0.25, 0.3) is 0 Å². The van der Waals surface area contributed by atoms with Crippen LogP contribution < -0.4 is 5.73 Å². The quantitative estimate of drug-likeness (QED) is 0.637. The first kappa shape index (κ1) is 15.8. The predicted molar refractivity (Wildman–Crippen MR) is 71.7 cm³/mol. The van der Waals surface area contributed by atoms with Crippen molar-refractivity contribution >= 4 is 0 Å². The summed E-state index contributed by atoms with van der Waals surface area (Å²) in [4.78, 5) is 6.63. The maximum absolute atomic E-state index is 6.27. The summed E-state index contributed by atoms with van der Waals surface area (Å²) in [5.74, 6) is 0.569. The number of rotatable bonds is 8. The standard InChI is InChI=1S/C12H30N4/c1-14(2)8-7-11(9-15(3)4)12(13)10-16(5)6/h11-12H,7-10,13H2,1-6H3. The van der Waals surface area contributed by atoms with Gasteiger partial charge in [0.1, 0.15) is 0 Å². The minimum atomic E-state index is 0.261. The summed E-state index contributed by atoms with van der Waals surface area (Å²) in [6.45, 7) is 3.15. The van der Waals surface area contributed by atoms with Gasteiger partial charge in [0.2, 0.25) is 0 Å². The topological polar surface area (TPSA) is 35.7 Å². The Hall–Kier alpha value is -0.160. The molecule has 0 heterocycles. The minimum Gasteiger partial charge on any atom is -0.326 e. The molecule has 0 aliphatic rings. The Labute approximate surface area is 101 Å². The zero-order chi connectivity index (χ0) is 12.7. The van der Waals surface area contributed by atoms with E-state index in [2.05, 4.69) is 57.0 Å². The molecule has 4 nitrogen and oxygen atoms in total. The highest BCUT2D eigenvalue weighted by Gasteiger charge is 2.19. The Morgan fingerprint density at radius 1 is 0.812 bits per heavy atom. The van der Waals surface area contributed by atoms with Crippen molar-refractivity contribution in [2.45, 2.75) is 12.5 Å². The van der Waals surface area contributed by atoms with Gasteiger partial charge in [-0.25, -0.2) is 0 Å². The van der Waals surface area contributed by atoms with Crippen molar-refractivity contribution < 1.29 is 0 Å². The van der Waals surface area contributed by atoms with Crippen molar-refractivity contribution in [3.63, 3.8) is 0 Å². The summed E-state index contributed by atoms with van der Waals surface area (Å²) in [5.41, 5.74) is 6.27. The molecule has 0 aliphatic carbocycles. The number of hydrogen-bond acceptors (Lipinski definition) is 4. The van der Waals surface area contributed by atoms with Crippen LogP contribution in [0.5, 0.6) is 0 Å². The second kappa shape index (κ2) is 8.01. The maximum atomic E-state index is 6.27. The Kier molecular flexibility index (Phi) is 7.93. The molecular weight excluding hydrogens is 200 g/mol. The largest absolute Gasteiger partial charge is 0.326 e. The lowest BCUT2D eigenvalue weighted by atomic mass is 9.95. The van der Waals surface area contributed by atoms with E-state index in [1.54, 1.807) is 0 Å². The highest BCUT2D eigenvalue weighted by atomic mass is 15.1. The molecule has 0 aromatic rings. The van der Waals surface area contributed by atoms with Crippen LogP contribution in [0, 0.1) is 5.92 Å². The molecule has 0 fully saturated rings. The van der Waals surface area contributed by atoms with Crippen molar-refractivity contribution in [1.82, 2.24) is 14.7 Å². The van der Waals surface area contributed by atoms with Gasteiger partial charge in [-0.15, -0.1) is 0 Å². The molecule has 2 N–H and O–H groups in total. The van der Waals surface area contributed by atoms with Gasteiger partial charge in [-0.1, -0.05) is 0 Å². The van der Waals surface area contributed by atoms with E-state index in [0.29, 0.717) is 5.92 Å². The fraction of sp³-hybridized carbons (Fsp3) is 1.00. The fourth-order valence-electron chi connectivity index (χ4n) is 1.90.